The van der Waals surface area contributed by atoms with Crippen LogP contribution in [0.2, 0.25) is 0 Å². The lowest BCUT2D eigenvalue weighted by Crippen LogP contribution is -2.22. The molecule has 0 spiro atoms. The molecule has 1 amide bonds. The van der Waals surface area contributed by atoms with Gasteiger partial charge in [-0.15, -0.1) is 0 Å². The maximum atomic E-state index is 13.2. The Balaban J connectivity index is 1.65. The van der Waals surface area contributed by atoms with Gasteiger partial charge in [-0.1, -0.05) is 40.5 Å². The average molecular weight is 608 g/mol. The molecule has 0 fully saturated rings. The lowest BCUT2D eigenvalue weighted by Gasteiger charge is -2.12. The number of nitrogens with zero attached hydrogens (tertiary/aromatic N) is 4. The lowest BCUT2D eigenvalue weighted by atomic mass is 10.2. The van der Waals surface area contributed by atoms with Crippen LogP contribution < -0.4 is 20.3 Å². The van der Waals surface area contributed by atoms with Crippen LogP contribution in [0.4, 0.5) is 11.4 Å². The van der Waals surface area contributed by atoms with Gasteiger partial charge < -0.3 is 14.8 Å². The fraction of sp³-hybridized carbons (Fsp3) is 0.214. The van der Waals surface area contributed by atoms with Gasteiger partial charge in [-0.2, -0.15) is 9.78 Å². The van der Waals surface area contributed by atoms with Gasteiger partial charge in [-0.25, -0.2) is 4.98 Å². The van der Waals surface area contributed by atoms with E-state index in [1.165, 1.54) is 30.1 Å². The van der Waals surface area contributed by atoms with Crippen LogP contribution in [0, 0.1) is 17.0 Å². The first-order valence-corrected chi connectivity index (χ1v) is 13.1. The number of nitrogens with one attached hydrogen (secondary N) is 1. The van der Waals surface area contributed by atoms with E-state index in [1.807, 2.05) is 26.0 Å². The molecule has 3 aromatic carbocycles. The molecule has 206 valence electrons. The first-order valence-electron chi connectivity index (χ1n) is 12.3. The number of nitro benzene ring substituents is 1. The van der Waals surface area contributed by atoms with E-state index in [-0.39, 0.29) is 22.6 Å². The van der Waals surface area contributed by atoms with E-state index in [0.717, 1.165) is 16.5 Å². The molecule has 0 aliphatic carbocycles. The van der Waals surface area contributed by atoms with Crippen molar-refractivity contribution >= 4 is 50.3 Å². The number of methoxy groups -OCH3 is 1. The van der Waals surface area contributed by atoms with Crippen molar-refractivity contribution in [2.45, 2.75) is 26.7 Å². The number of anilines is 1. The second-order valence-electron chi connectivity index (χ2n) is 8.83. The molecule has 0 atom stereocenters. The Hall–Kier alpha value is -4.58. The molecule has 0 radical (unpaired) electrons. The summed E-state index contributed by atoms with van der Waals surface area (Å²) in [4.78, 5) is 41.5. The van der Waals surface area contributed by atoms with Crippen LogP contribution in [-0.2, 0) is 11.2 Å². The molecule has 1 heterocycles. The monoisotopic (exact) mass is 607 g/mol. The van der Waals surface area contributed by atoms with E-state index in [4.69, 9.17) is 9.47 Å². The zero-order chi connectivity index (χ0) is 28.8. The van der Waals surface area contributed by atoms with Gasteiger partial charge in [0.1, 0.15) is 5.82 Å². The number of halogens is 1. The summed E-state index contributed by atoms with van der Waals surface area (Å²) in [6.07, 6.45) is 2.54. The van der Waals surface area contributed by atoms with Crippen molar-refractivity contribution in [3.05, 3.63) is 96.5 Å². The molecule has 4 rings (SSSR count). The molecule has 0 saturated heterocycles. The second-order valence-corrected chi connectivity index (χ2v) is 9.75. The number of aryl methyl sites for hydroxylation is 2. The van der Waals surface area contributed by atoms with E-state index in [0.29, 0.717) is 28.8 Å². The summed E-state index contributed by atoms with van der Waals surface area (Å²) in [5, 5.41) is 19.3. The van der Waals surface area contributed by atoms with Gasteiger partial charge >= 0.3 is 5.69 Å². The van der Waals surface area contributed by atoms with Gasteiger partial charge in [0.25, 0.3) is 11.5 Å². The van der Waals surface area contributed by atoms with Crippen LogP contribution in [0.1, 0.15) is 30.3 Å². The molecule has 0 aliphatic rings. The normalized spacial score (nSPS) is 11.1. The fourth-order valence-electron chi connectivity index (χ4n) is 3.91. The maximum Gasteiger partial charge on any atom is 0.315 e. The second kappa shape index (κ2) is 12.5. The summed E-state index contributed by atoms with van der Waals surface area (Å²) in [6.45, 7) is 3.40. The van der Waals surface area contributed by atoms with Crippen LogP contribution in [0.3, 0.4) is 0 Å². The van der Waals surface area contributed by atoms with Gasteiger partial charge in [0.05, 0.1) is 29.2 Å². The number of hydrogen-bond acceptors (Lipinski definition) is 8. The molecular formula is C28H26BrN5O6. The molecule has 0 saturated carbocycles. The Morgan fingerprint density at radius 1 is 1.20 bits per heavy atom. The third kappa shape index (κ3) is 6.52. The van der Waals surface area contributed by atoms with E-state index >= 15 is 0 Å². The molecule has 40 heavy (non-hydrogen) atoms. The van der Waals surface area contributed by atoms with Crippen molar-refractivity contribution in [1.29, 1.82) is 0 Å². The topological polar surface area (TPSA) is 138 Å². The predicted molar refractivity (Wildman–Crippen MR) is 156 cm³/mol. The number of rotatable bonds is 10. The molecule has 0 aliphatic heterocycles. The van der Waals surface area contributed by atoms with Crippen LogP contribution in [-0.4, -0.2) is 40.4 Å². The Kier molecular flexibility index (Phi) is 8.90. The van der Waals surface area contributed by atoms with Gasteiger partial charge in [-0.3, -0.25) is 19.7 Å². The highest BCUT2D eigenvalue weighted by molar-refractivity contribution is 9.10. The highest BCUT2D eigenvalue weighted by Gasteiger charge is 2.23. The number of fused-ring (bicyclic) bond motifs is 1. The largest absolute Gasteiger partial charge is 0.493 e. The maximum absolute atomic E-state index is 13.2. The molecule has 0 unspecified atom stereocenters. The number of benzene rings is 3. The number of nitro groups is 1. The van der Waals surface area contributed by atoms with Crippen molar-refractivity contribution < 1.29 is 19.2 Å². The Bertz CT molecular complexity index is 1670. The zero-order valence-corrected chi connectivity index (χ0v) is 23.6. The quantitative estimate of drug-likeness (QED) is 0.148. The Morgan fingerprint density at radius 2 is 1.95 bits per heavy atom. The summed E-state index contributed by atoms with van der Waals surface area (Å²) in [6, 6.07) is 15.1. The molecular weight excluding hydrogens is 582 g/mol. The minimum Gasteiger partial charge on any atom is -0.493 e. The summed E-state index contributed by atoms with van der Waals surface area (Å²) in [5.74, 6) is -0.214. The number of carbonyl (C=O) groups excluding carboxylic acids is 1. The summed E-state index contributed by atoms with van der Waals surface area (Å²) in [7, 11) is 1.33. The van der Waals surface area contributed by atoms with Crippen LogP contribution >= 0.6 is 15.9 Å². The van der Waals surface area contributed by atoms with Crippen molar-refractivity contribution in [2.75, 3.05) is 19.0 Å². The van der Waals surface area contributed by atoms with Crippen LogP contribution in [0.5, 0.6) is 11.5 Å². The standard InChI is InChI=1S/C28H26BrN5O6/c1-4-5-25-32-22-11-8-19(29)14-21(22)28(36)33(25)30-15-18-12-23(34(37)38)27(24(13-18)39-3)40-16-26(35)31-20-9-6-17(2)7-10-20/h6-15H,4-5,16H2,1-3H3,(H,31,35). The highest BCUT2D eigenvalue weighted by Crippen LogP contribution is 2.38. The summed E-state index contributed by atoms with van der Waals surface area (Å²) >= 11 is 3.37. The van der Waals surface area contributed by atoms with E-state index in [9.17, 15) is 19.7 Å². The molecule has 11 nitrogen and oxygen atoms in total. The summed E-state index contributed by atoms with van der Waals surface area (Å²) < 4.78 is 12.8. The van der Waals surface area contributed by atoms with E-state index < -0.39 is 23.1 Å². The smallest absolute Gasteiger partial charge is 0.315 e. The zero-order valence-electron chi connectivity index (χ0n) is 22.0. The van der Waals surface area contributed by atoms with Crippen LogP contribution in [0.25, 0.3) is 10.9 Å². The first-order chi connectivity index (χ1) is 19.2. The Labute approximate surface area is 237 Å². The molecule has 4 aromatic rings. The van der Waals surface area contributed by atoms with E-state index in [1.54, 1.807) is 30.3 Å². The SMILES string of the molecule is CCCc1nc2ccc(Br)cc2c(=O)n1N=Cc1cc(OC)c(OCC(=O)Nc2ccc(C)cc2)c([N+](=O)[O-])c1. The van der Waals surface area contributed by atoms with Crippen molar-refractivity contribution in [3.63, 3.8) is 0 Å². The number of hydrogen-bond donors (Lipinski definition) is 1. The van der Waals surface area contributed by atoms with Gasteiger partial charge in [-0.05, 0) is 49.7 Å². The minimum absolute atomic E-state index is 0.0282. The van der Waals surface area contributed by atoms with Gasteiger partial charge in [0, 0.05) is 28.2 Å². The van der Waals surface area contributed by atoms with Gasteiger partial charge in [0.2, 0.25) is 5.75 Å². The number of aromatic nitrogens is 2. The number of amides is 1. The number of ether oxygens (including phenoxy) is 2. The first kappa shape index (κ1) is 28.4. The van der Waals surface area contributed by atoms with Crippen LogP contribution in [0.15, 0.2) is 69.0 Å². The molecule has 12 heteroatoms. The van der Waals surface area contributed by atoms with Gasteiger partial charge in [0.15, 0.2) is 12.4 Å². The Morgan fingerprint density at radius 3 is 2.62 bits per heavy atom. The van der Waals surface area contributed by atoms with Crippen molar-refractivity contribution in [2.24, 2.45) is 5.10 Å². The lowest BCUT2D eigenvalue weighted by molar-refractivity contribution is -0.385. The summed E-state index contributed by atoms with van der Waals surface area (Å²) in [5.41, 5.74) is 1.64. The predicted octanol–water partition coefficient (Wildman–Crippen LogP) is 5.24. The van der Waals surface area contributed by atoms with E-state index in [2.05, 4.69) is 31.3 Å². The highest BCUT2D eigenvalue weighted by atomic mass is 79.9. The fourth-order valence-corrected chi connectivity index (χ4v) is 4.27. The third-order valence-corrected chi connectivity index (χ3v) is 6.32. The van der Waals surface area contributed by atoms with Crippen molar-refractivity contribution in [3.8, 4) is 11.5 Å². The number of carbonyl (C=O) groups is 1. The average Bonchev–Trinajstić information content (AvgIpc) is 2.93. The van der Waals surface area contributed by atoms with Crippen molar-refractivity contribution in [1.82, 2.24) is 9.66 Å². The minimum atomic E-state index is -0.642. The molecule has 1 N–H and O–H groups in total. The molecule has 1 aromatic heterocycles. The molecule has 0 bridgehead atoms. The third-order valence-electron chi connectivity index (χ3n) is 5.83.